The van der Waals surface area contributed by atoms with Gasteiger partial charge in [-0.25, -0.2) is 4.57 Å². The topological polar surface area (TPSA) is 122 Å². The molecule has 166 valence electrons. The fraction of sp³-hybridized carbons (Fsp3) is 0.850. The first-order valence-electron chi connectivity index (χ1n) is 10.7. The third kappa shape index (κ3) is 20.0. The highest BCUT2D eigenvalue weighted by molar-refractivity contribution is 7.46. The predicted octanol–water partition coefficient (Wildman–Crippen LogP) is 4.19. The number of nitrogens with one attached hydrogen (secondary N) is 1. The largest absolute Gasteiger partial charge is 0.469 e. The van der Waals surface area contributed by atoms with E-state index in [-0.39, 0.29) is 19.1 Å². The number of nitrogens with two attached hydrogens (primary N) is 1. The molecule has 0 aromatic rings. The van der Waals surface area contributed by atoms with E-state index in [4.69, 9.17) is 15.5 Å². The van der Waals surface area contributed by atoms with E-state index in [0.29, 0.717) is 6.42 Å². The average Bonchev–Trinajstić information content (AvgIpc) is 2.64. The fourth-order valence-corrected chi connectivity index (χ4v) is 3.21. The number of hydrogen-bond acceptors (Lipinski definition) is 4. The zero-order valence-corrected chi connectivity index (χ0v) is 18.4. The van der Waals surface area contributed by atoms with Crippen LogP contribution in [0.15, 0.2) is 12.2 Å². The molecular weight excluding hydrogens is 379 g/mol. The van der Waals surface area contributed by atoms with Gasteiger partial charge in [0.2, 0.25) is 5.91 Å². The Hall–Kier alpha value is -0.720. The quantitative estimate of drug-likeness (QED) is 0.141. The van der Waals surface area contributed by atoms with Crippen molar-refractivity contribution in [1.29, 1.82) is 0 Å². The number of amides is 1. The van der Waals surface area contributed by atoms with E-state index in [2.05, 4.69) is 28.9 Å². The molecule has 5 N–H and O–H groups in total. The molecule has 0 aliphatic carbocycles. The van der Waals surface area contributed by atoms with E-state index in [1.807, 2.05) is 0 Å². The van der Waals surface area contributed by atoms with Crippen LogP contribution in [-0.2, 0) is 13.9 Å². The first-order valence-corrected chi connectivity index (χ1v) is 12.3. The first kappa shape index (κ1) is 27.3. The zero-order valence-electron chi connectivity index (χ0n) is 17.5. The summed E-state index contributed by atoms with van der Waals surface area (Å²) >= 11 is 0. The van der Waals surface area contributed by atoms with Gasteiger partial charge in [0.15, 0.2) is 0 Å². The molecule has 0 aromatic carbocycles. The highest BCUT2D eigenvalue weighted by atomic mass is 31.2. The Balaban J connectivity index is 3.53. The van der Waals surface area contributed by atoms with Crippen molar-refractivity contribution in [3.63, 3.8) is 0 Å². The molecule has 0 rings (SSSR count). The van der Waals surface area contributed by atoms with Crippen LogP contribution in [-0.4, -0.2) is 34.9 Å². The van der Waals surface area contributed by atoms with Crippen molar-refractivity contribution in [2.45, 2.75) is 96.4 Å². The Kier molecular flexibility index (Phi) is 17.8. The van der Waals surface area contributed by atoms with E-state index in [9.17, 15) is 9.36 Å². The molecule has 0 aromatic heterocycles. The zero-order chi connectivity index (χ0) is 21.1. The second-order valence-corrected chi connectivity index (χ2v) is 8.51. The smallest absolute Gasteiger partial charge is 0.350 e. The normalized spacial score (nSPS) is 13.1. The number of hydrogen-bond donors (Lipinski definition) is 4. The van der Waals surface area contributed by atoms with Crippen LogP contribution in [0.4, 0.5) is 0 Å². The molecule has 0 bridgehead atoms. The third-order valence-electron chi connectivity index (χ3n) is 4.51. The number of allylic oxidation sites excluding steroid dienone is 2. The molecule has 0 saturated carbocycles. The molecule has 0 aliphatic rings. The Labute approximate surface area is 170 Å². The lowest BCUT2D eigenvalue weighted by molar-refractivity contribution is -0.122. The lowest BCUT2D eigenvalue weighted by Gasteiger charge is -2.17. The van der Waals surface area contributed by atoms with Gasteiger partial charge in [-0.2, -0.15) is 0 Å². The summed E-state index contributed by atoms with van der Waals surface area (Å²) < 4.78 is 15.0. The van der Waals surface area contributed by atoms with E-state index in [1.54, 1.807) is 0 Å². The van der Waals surface area contributed by atoms with Crippen LogP contribution in [0.1, 0.15) is 90.4 Å². The van der Waals surface area contributed by atoms with Gasteiger partial charge in [-0.15, -0.1) is 0 Å². The SMILES string of the molecule is CCCCCCCC/C=C\CCCCCCC(=O)N[C@@H](CN)COP(=O)(O)O. The second kappa shape index (κ2) is 18.3. The lowest BCUT2D eigenvalue weighted by atomic mass is 10.1. The van der Waals surface area contributed by atoms with Gasteiger partial charge in [-0.05, 0) is 32.1 Å². The molecule has 8 heteroatoms. The van der Waals surface area contributed by atoms with Gasteiger partial charge >= 0.3 is 7.82 Å². The van der Waals surface area contributed by atoms with Crippen LogP contribution in [0.3, 0.4) is 0 Å². The van der Waals surface area contributed by atoms with Gasteiger partial charge in [-0.3, -0.25) is 9.32 Å². The molecule has 0 fully saturated rings. The van der Waals surface area contributed by atoms with Crippen LogP contribution in [0.5, 0.6) is 0 Å². The lowest BCUT2D eigenvalue weighted by Crippen LogP contribution is -2.43. The van der Waals surface area contributed by atoms with Crippen molar-refractivity contribution in [1.82, 2.24) is 5.32 Å². The summed E-state index contributed by atoms with van der Waals surface area (Å²) in [6.45, 7) is 2.01. The van der Waals surface area contributed by atoms with Crippen LogP contribution in [0.25, 0.3) is 0 Å². The van der Waals surface area contributed by atoms with Crippen molar-refractivity contribution >= 4 is 13.7 Å². The Morgan fingerprint density at radius 2 is 1.54 bits per heavy atom. The van der Waals surface area contributed by atoms with E-state index >= 15 is 0 Å². The van der Waals surface area contributed by atoms with Crippen LogP contribution in [0.2, 0.25) is 0 Å². The molecule has 0 radical (unpaired) electrons. The number of carbonyl (C=O) groups excluding carboxylic acids is 1. The molecule has 7 nitrogen and oxygen atoms in total. The molecular formula is C20H41N2O5P. The van der Waals surface area contributed by atoms with Crippen molar-refractivity contribution in [2.24, 2.45) is 5.73 Å². The Bertz CT molecular complexity index is 454. The van der Waals surface area contributed by atoms with Crippen LogP contribution >= 0.6 is 7.82 Å². The summed E-state index contributed by atoms with van der Waals surface area (Å²) in [6, 6.07) is -0.586. The second-order valence-electron chi connectivity index (χ2n) is 7.27. The Morgan fingerprint density at radius 1 is 1.00 bits per heavy atom. The van der Waals surface area contributed by atoms with Gasteiger partial charge in [0, 0.05) is 13.0 Å². The minimum Gasteiger partial charge on any atom is -0.350 e. The van der Waals surface area contributed by atoms with Gasteiger partial charge in [0.1, 0.15) is 0 Å². The van der Waals surface area contributed by atoms with E-state index in [1.165, 1.54) is 44.9 Å². The molecule has 0 unspecified atom stereocenters. The van der Waals surface area contributed by atoms with E-state index in [0.717, 1.165) is 32.1 Å². The van der Waals surface area contributed by atoms with Gasteiger partial charge < -0.3 is 20.8 Å². The number of phosphoric ester groups is 1. The monoisotopic (exact) mass is 420 g/mol. The summed E-state index contributed by atoms with van der Waals surface area (Å²) in [5.74, 6) is -0.163. The number of unbranched alkanes of at least 4 members (excludes halogenated alkanes) is 10. The highest BCUT2D eigenvalue weighted by Gasteiger charge is 2.18. The standard InChI is InChI=1S/C20H41N2O5P/c1-2-3-4-5-6-7-8-9-10-11-12-13-14-15-16-20(23)22-19(17-21)18-27-28(24,25)26/h9-10,19H,2-8,11-18,21H2,1H3,(H,22,23)(H2,24,25,26)/b10-9-/t19-/m0/s1. The third-order valence-corrected chi connectivity index (χ3v) is 4.99. The number of rotatable bonds is 19. The fourth-order valence-electron chi connectivity index (χ4n) is 2.84. The molecule has 1 atom stereocenters. The minimum atomic E-state index is -4.54. The summed E-state index contributed by atoms with van der Waals surface area (Å²) in [5, 5.41) is 2.64. The average molecular weight is 421 g/mol. The molecule has 0 heterocycles. The van der Waals surface area contributed by atoms with E-state index < -0.39 is 13.9 Å². The van der Waals surface area contributed by atoms with Crippen LogP contribution in [0, 0.1) is 0 Å². The molecule has 1 amide bonds. The molecule has 0 spiro atoms. The minimum absolute atomic E-state index is 0.0663. The van der Waals surface area contributed by atoms with Crippen molar-refractivity contribution < 1.29 is 23.7 Å². The van der Waals surface area contributed by atoms with Crippen molar-refractivity contribution in [3.8, 4) is 0 Å². The molecule has 0 saturated heterocycles. The summed E-state index contributed by atoms with van der Waals surface area (Å²) in [7, 11) is -4.54. The highest BCUT2D eigenvalue weighted by Crippen LogP contribution is 2.35. The Morgan fingerprint density at radius 3 is 2.07 bits per heavy atom. The summed E-state index contributed by atoms with van der Waals surface area (Å²) in [5.41, 5.74) is 5.48. The molecule has 0 aliphatic heterocycles. The number of carbonyl (C=O) groups is 1. The van der Waals surface area contributed by atoms with Crippen molar-refractivity contribution in [2.75, 3.05) is 13.2 Å². The van der Waals surface area contributed by atoms with Gasteiger partial charge in [-0.1, -0.05) is 64.0 Å². The molecule has 28 heavy (non-hydrogen) atoms. The van der Waals surface area contributed by atoms with Gasteiger partial charge in [0.25, 0.3) is 0 Å². The summed E-state index contributed by atoms with van der Waals surface area (Å²) in [4.78, 5) is 29.2. The van der Waals surface area contributed by atoms with Gasteiger partial charge in [0.05, 0.1) is 12.6 Å². The summed E-state index contributed by atoms with van der Waals surface area (Å²) in [6.07, 6.45) is 19.2. The number of phosphoric acid groups is 1. The van der Waals surface area contributed by atoms with Crippen LogP contribution < -0.4 is 11.1 Å². The first-order chi connectivity index (χ1) is 13.4. The predicted molar refractivity (Wildman–Crippen MR) is 114 cm³/mol. The maximum absolute atomic E-state index is 11.8. The maximum atomic E-state index is 11.8. The maximum Gasteiger partial charge on any atom is 0.469 e. The van der Waals surface area contributed by atoms with Crippen molar-refractivity contribution in [3.05, 3.63) is 12.2 Å².